The molecule has 0 spiro atoms. The van der Waals surface area contributed by atoms with E-state index in [4.69, 9.17) is 14.2 Å². The lowest BCUT2D eigenvalue weighted by molar-refractivity contribution is -0.140. The number of hydrogen-bond acceptors (Lipinski definition) is 5. The van der Waals surface area contributed by atoms with Gasteiger partial charge in [0.2, 0.25) is 0 Å². The monoisotopic (exact) mass is 253 g/mol. The third kappa shape index (κ3) is 4.25. The van der Waals surface area contributed by atoms with E-state index in [0.717, 1.165) is 17.0 Å². The van der Waals surface area contributed by atoms with Gasteiger partial charge in [-0.3, -0.25) is 4.79 Å². The first-order valence-electron chi connectivity index (χ1n) is 5.73. The molecule has 5 nitrogen and oxygen atoms in total. The van der Waals surface area contributed by atoms with Gasteiger partial charge in [-0.05, 0) is 11.6 Å². The molecule has 1 rings (SSSR count). The summed E-state index contributed by atoms with van der Waals surface area (Å²) in [6.45, 7) is 1.91. The van der Waals surface area contributed by atoms with E-state index in [1.807, 2.05) is 25.2 Å². The highest BCUT2D eigenvalue weighted by molar-refractivity contribution is 5.66. The molecule has 1 N–H and O–H groups in total. The summed E-state index contributed by atoms with van der Waals surface area (Å²) in [5.74, 6) is 0.452. The number of rotatable bonds is 7. The van der Waals surface area contributed by atoms with Crippen molar-refractivity contribution in [1.29, 1.82) is 0 Å². The maximum atomic E-state index is 10.7. The minimum atomic E-state index is -0.279. The number of hydrogen-bond donors (Lipinski definition) is 1. The van der Waals surface area contributed by atoms with Crippen molar-refractivity contribution in [1.82, 2.24) is 0 Å². The van der Waals surface area contributed by atoms with Crippen LogP contribution in [0.25, 0.3) is 0 Å². The van der Waals surface area contributed by atoms with Gasteiger partial charge in [0.05, 0.1) is 12.3 Å². The summed E-state index contributed by atoms with van der Waals surface area (Å²) in [6.07, 6.45) is 0.605. The summed E-state index contributed by atoms with van der Waals surface area (Å²) in [6, 6.07) is 5.78. The Kier molecular flexibility index (Phi) is 6.00. The highest BCUT2D eigenvalue weighted by Crippen LogP contribution is 2.29. The van der Waals surface area contributed by atoms with Gasteiger partial charge in [-0.15, -0.1) is 0 Å². The van der Waals surface area contributed by atoms with Gasteiger partial charge in [-0.1, -0.05) is 12.1 Å². The van der Waals surface area contributed by atoms with Crippen molar-refractivity contribution in [3.63, 3.8) is 0 Å². The largest absolute Gasteiger partial charge is 0.466 e. The first-order valence-corrected chi connectivity index (χ1v) is 5.73. The quantitative estimate of drug-likeness (QED) is 0.593. The predicted molar refractivity (Wildman–Crippen MR) is 68.8 cm³/mol. The van der Waals surface area contributed by atoms with Gasteiger partial charge < -0.3 is 19.5 Å². The van der Waals surface area contributed by atoms with E-state index in [9.17, 15) is 4.79 Å². The number of methoxy groups -OCH3 is 1. The van der Waals surface area contributed by atoms with Gasteiger partial charge in [0, 0.05) is 27.5 Å². The number of anilines is 1. The Balaban J connectivity index is 2.77. The molecule has 0 aromatic heterocycles. The minimum absolute atomic E-state index is 0.180. The second kappa shape index (κ2) is 7.55. The summed E-state index contributed by atoms with van der Waals surface area (Å²) < 4.78 is 15.4. The molecular formula is C13H19NO4. The van der Waals surface area contributed by atoms with Gasteiger partial charge in [0.15, 0.2) is 6.79 Å². The summed E-state index contributed by atoms with van der Waals surface area (Å²) >= 11 is 0. The smallest absolute Gasteiger partial charge is 0.302 e. The first-order chi connectivity index (χ1) is 8.69. The van der Waals surface area contributed by atoms with E-state index in [-0.39, 0.29) is 12.8 Å². The van der Waals surface area contributed by atoms with Gasteiger partial charge in [-0.25, -0.2) is 0 Å². The summed E-state index contributed by atoms with van der Waals surface area (Å²) in [5.41, 5.74) is 1.85. The third-order valence-corrected chi connectivity index (χ3v) is 2.36. The van der Waals surface area contributed by atoms with Crippen molar-refractivity contribution in [2.24, 2.45) is 0 Å². The van der Waals surface area contributed by atoms with Gasteiger partial charge in [0.1, 0.15) is 5.75 Å². The molecule has 0 aliphatic carbocycles. The van der Waals surface area contributed by atoms with Crippen LogP contribution in [0.4, 0.5) is 5.69 Å². The average molecular weight is 253 g/mol. The maximum Gasteiger partial charge on any atom is 0.302 e. The first kappa shape index (κ1) is 14.3. The standard InChI is InChI=1S/C13H19NO4/c1-10(15)17-8-7-11-5-4-6-12(14-2)13(11)18-9-16-3/h4-6,14H,7-9H2,1-3H3. The van der Waals surface area contributed by atoms with E-state index in [0.29, 0.717) is 13.0 Å². The molecule has 0 heterocycles. The molecule has 1 aromatic rings. The Labute approximate surface area is 107 Å². The SMILES string of the molecule is CNc1cccc(CCOC(C)=O)c1OCOC. The molecule has 5 heteroatoms. The molecule has 0 unspecified atom stereocenters. The molecule has 0 saturated carbocycles. The zero-order valence-corrected chi connectivity index (χ0v) is 11.0. The van der Waals surface area contributed by atoms with E-state index >= 15 is 0 Å². The van der Waals surface area contributed by atoms with Crippen LogP contribution in [0, 0.1) is 0 Å². The third-order valence-electron chi connectivity index (χ3n) is 2.36. The van der Waals surface area contributed by atoms with Crippen LogP contribution in [-0.2, 0) is 20.7 Å². The van der Waals surface area contributed by atoms with Gasteiger partial charge >= 0.3 is 5.97 Å². The molecule has 0 fully saturated rings. The number of benzene rings is 1. The zero-order chi connectivity index (χ0) is 13.4. The van der Waals surface area contributed by atoms with Crippen LogP contribution in [0.5, 0.6) is 5.75 Å². The minimum Gasteiger partial charge on any atom is -0.466 e. The second-order valence-corrected chi connectivity index (χ2v) is 3.68. The lowest BCUT2D eigenvalue weighted by atomic mass is 10.1. The zero-order valence-electron chi connectivity index (χ0n) is 11.0. The summed E-state index contributed by atoms with van der Waals surface area (Å²) in [4.78, 5) is 10.7. The van der Waals surface area contributed by atoms with Crippen LogP contribution < -0.4 is 10.1 Å². The summed E-state index contributed by atoms with van der Waals surface area (Å²) in [7, 11) is 3.39. The number of esters is 1. The predicted octanol–water partition coefficient (Wildman–Crippen LogP) is 1.82. The molecular weight excluding hydrogens is 234 g/mol. The Morgan fingerprint density at radius 1 is 1.39 bits per heavy atom. The summed E-state index contributed by atoms with van der Waals surface area (Å²) in [5, 5.41) is 3.06. The van der Waals surface area contributed by atoms with Gasteiger partial charge in [-0.2, -0.15) is 0 Å². The molecule has 0 amide bonds. The van der Waals surface area contributed by atoms with E-state index in [1.165, 1.54) is 6.92 Å². The van der Waals surface area contributed by atoms with Crippen molar-refractivity contribution in [3.05, 3.63) is 23.8 Å². The van der Waals surface area contributed by atoms with Crippen LogP contribution in [-0.4, -0.2) is 33.5 Å². The molecule has 1 aromatic carbocycles. The Morgan fingerprint density at radius 2 is 2.17 bits per heavy atom. The molecule has 0 aliphatic rings. The van der Waals surface area contributed by atoms with Crippen molar-refractivity contribution in [2.45, 2.75) is 13.3 Å². The van der Waals surface area contributed by atoms with Gasteiger partial charge in [0.25, 0.3) is 0 Å². The number of carbonyl (C=O) groups excluding carboxylic acids is 1. The highest BCUT2D eigenvalue weighted by atomic mass is 16.7. The average Bonchev–Trinajstić information content (AvgIpc) is 2.36. The van der Waals surface area contributed by atoms with Crippen LogP contribution in [0.3, 0.4) is 0 Å². The fraction of sp³-hybridized carbons (Fsp3) is 0.462. The van der Waals surface area contributed by atoms with Crippen LogP contribution in [0.1, 0.15) is 12.5 Å². The van der Waals surface area contributed by atoms with E-state index < -0.39 is 0 Å². The van der Waals surface area contributed by atoms with Crippen LogP contribution in [0.15, 0.2) is 18.2 Å². The van der Waals surface area contributed by atoms with Crippen molar-refractivity contribution in [3.8, 4) is 5.75 Å². The molecule has 0 aliphatic heterocycles. The Morgan fingerprint density at radius 3 is 2.78 bits per heavy atom. The van der Waals surface area contributed by atoms with Crippen molar-refractivity contribution >= 4 is 11.7 Å². The molecule has 0 radical (unpaired) electrons. The molecule has 0 saturated heterocycles. The highest BCUT2D eigenvalue weighted by Gasteiger charge is 2.09. The fourth-order valence-electron chi connectivity index (χ4n) is 1.57. The molecule has 100 valence electrons. The normalized spacial score (nSPS) is 9.94. The number of carbonyl (C=O) groups is 1. The lowest BCUT2D eigenvalue weighted by Crippen LogP contribution is -2.08. The van der Waals surface area contributed by atoms with Crippen LogP contribution >= 0.6 is 0 Å². The fourth-order valence-corrected chi connectivity index (χ4v) is 1.57. The Hall–Kier alpha value is -1.75. The van der Waals surface area contributed by atoms with Crippen molar-refractivity contribution < 1.29 is 19.0 Å². The molecule has 18 heavy (non-hydrogen) atoms. The van der Waals surface area contributed by atoms with E-state index in [1.54, 1.807) is 7.11 Å². The Bertz CT molecular complexity index is 393. The molecule has 0 bridgehead atoms. The topological polar surface area (TPSA) is 56.8 Å². The molecule has 0 atom stereocenters. The maximum absolute atomic E-state index is 10.7. The number of nitrogens with one attached hydrogen (secondary N) is 1. The number of ether oxygens (including phenoxy) is 3. The number of para-hydroxylation sites is 1. The van der Waals surface area contributed by atoms with Crippen molar-refractivity contribution in [2.75, 3.05) is 32.9 Å². The van der Waals surface area contributed by atoms with Crippen LogP contribution in [0.2, 0.25) is 0 Å². The van der Waals surface area contributed by atoms with E-state index in [2.05, 4.69) is 5.32 Å². The second-order valence-electron chi connectivity index (χ2n) is 3.68. The lowest BCUT2D eigenvalue weighted by Gasteiger charge is -2.15.